The fourth-order valence-electron chi connectivity index (χ4n) is 2.08. The molecule has 88 valence electrons. The Morgan fingerprint density at radius 2 is 2.06 bits per heavy atom. The third-order valence-electron chi connectivity index (χ3n) is 2.90. The predicted octanol–water partition coefficient (Wildman–Crippen LogP) is 1.30. The van der Waals surface area contributed by atoms with Crippen LogP contribution in [-0.4, -0.2) is 24.4 Å². The zero-order valence-electron chi connectivity index (χ0n) is 9.07. The standard InChI is InChI=1S/C11H13FO3S/c1-11(2,13)10-6-7-5-8(12)3-4-9(7)16(10,14)15/h3-5,10,13H,6H2,1-2H3. The van der Waals surface area contributed by atoms with Gasteiger partial charge in [0.25, 0.3) is 0 Å². The SMILES string of the molecule is CC(C)(O)C1Cc2cc(F)ccc2S1(=O)=O. The summed E-state index contributed by atoms with van der Waals surface area (Å²) in [6, 6.07) is 3.62. The number of sulfone groups is 1. The third kappa shape index (κ3) is 1.64. The molecule has 1 aliphatic rings. The van der Waals surface area contributed by atoms with Crippen molar-refractivity contribution in [2.75, 3.05) is 0 Å². The summed E-state index contributed by atoms with van der Waals surface area (Å²) in [5, 5.41) is 8.93. The monoisotopic (exact) mass is 244 g/mol. The van der Waals surface area contributed by atoms with Crippen molar-refractivity contribution in [1.29, 1.82) is 0 Å². The quantitative estimate of drug-likeness (QED) is 0.757. The molecule has 1 N–H and O–H groups in total. The maximum atomic E-state index is 13.0. The molecule has 0 amide bonds. The van der Waals surface area contributed by atoms with Crippen LogP contribution in [0.4, 0.5) is 4.39 Å². The minimum atomic E-state index is -3.54. The molecule has 0 saturated carbocycles. The van der Waals surface area contributed by atoms with Crippen LogP contribution < -0.4 is 0 Å². The number of hydrogen-bond acceptors (Lipinski definition) is 3. The van der Waals surface area contributed by atoms with Crippen molar-refractivity contribution in [2.24, 2.45) is 0 Å². The molecule has 0 aromatic heterocycles. The van der Waals surface area contributed by atoms with Crippen LogP contribution in [0, 0.1) is 5.82 Å². The molecule has 0 aliphatic carbocycles. The van der Waals surface area contributed by atoms with Crippen LogP contribution in [0.3, 0.4) is 0 Å². The van der Waals surface area contributed by atoms with Gasteiger partial charge in [-0.3, -0.25) is 0 Å². The normalized spacial score (nSPS) is 23.1. The highest BCUT2D eigenvalue weighted by molar-refractivity contribution is 7.92. The van der Waals surface area contributed by atoms with Gasteiger partial charge in [-0.25, -0.2) is 12.8 Å². The number of fused-ring (bicyclic) bond motifs is 1. The van der Waals surface area contributed by atoms with Crippen LogP contribution in [0.5, 0.6) is 0 Å². The van der Waals surface area contributed by atoms with E-state index in [4.69, 9.17) is 0 Å². The average molecular weight is 244 g/mol. The molecular formula is C11H13FO3S. The summed E-state index contributed by atoms with van der Waals surface area (Å²) in [7, 11) is -3.54. The van der Waals surface area contributed by atoms with Crippen LogP contribution in [0.1, 0.15) is 19.4 Å². The van der Waals surface area contributed by atoms with Gasteiger partial charge in [0, 0.05) is 0 Å². The second kappa shape index (κ2) is 3.28. The van der Waals surface area contributed by atoms with E-state index in [9.17, 15) is 17.9 Å². The first-order valence-electron chi connectivity index (χ1n) is 4.97. The minimum absolute atomic E-state index is 0.140. The highest BCUT2D eigenvalue weighted by Crippen LogP contribution is 2.36. The van der Waals surface area contributed by atoms with Crippen LogP contribution in [0.2, 0.25) is 0 Å². The van der Waals surface area contributed by atoms with Gasteiger partial charge in [-0.1, -0.05) is 0 Å². The number of aliphatic hydroxyl groups is 1. The van der Waals surface area contributed by atoms with Crippen molar-refractivity contribution < 1.29 is 17.9 Å². The summed E-state index contributed by atoms with van der Waals surface area (Å²) < 4.78 is 37.1. The van der Waals surface area contributed by atoms with Crippen molar-refractivity contribution in [3.8, 4) is 0 Å². The smallest absolute Gasteiger partial charge is 0.184 e. The molecule has 1 atom stereocenters. The minimum Gasteiger partial charge on any atom is -0.389 e. The molecule has 1 unspecified atom stereocenters. The lowest BCUT2D eigenvalue weighted by molar-refractivity contribution is 0.0760. The zero-order valence-corrected chi connectivity index (χ0v) is 9.88. The van der Waals surface area contributed by atoms with E-state index in [0.29, 0.717) is 5.56 Å². The molecular weight excluding hydrogens is 231 g/mol. The van der Waals surface area contributed by atoms with Crippen molar-refractivity contribution in [3.05, 3.63) is 29.6 Å². The van der Waals surface area contributed by atoms with Gasteiger partial charge in [0.15, 0.2) is 9.84 Å². The van der Waals surface area contributed by atoms with E-state index in [1.807, 2.05) is 0 Å². The van der Waals surface area contributed by atoms with Gasteiger partial charge in [0.1, 0.15) is 5.82 Å². The van der Waals surface area contributed by atoms with E-state index < -0.39 is 26.5 Å². The van der Waals surface area contributed by atoms with Gasteiger partial charge in [0.05, 0.1) is 15.7 Å². The second-order valence-electron chi connectivity index (χ2n) is 4.64. The van der Waals surface area contributed by atoms with Crippen molar-refractivity contribution in [3.63, 3.8) is 0 Å². The third-order valence-corrected chi connectivity index (χ3v) is 5.40. The maximum Gasteiger partial charge on any atom is 0.184 e. The average Bonchev–Trinajstić information content (AvgIpc) is 2.36. The summed E-state index contributed by atoms with van der Waals surface area (Å²) in [6.45, 7) is 2.91. The Balaban J connectivity index is 2.59. The molecule has 0 radical (unpaired) electrons. The Kier molecular flexibility index (Phi) is 2.36. The van der Waals surface area contributed by atoms with Gasteiger partial charge in [-0.2, -0.15) is 0 Å². The summed E-state index contributed by atoms with van der Waals surface area (Å²) in [4.78, 5) is 0.140. The molecule has 16 heavy (non-hydrogen) atoms. The van der Waals surface area contributed by atoms with Gasteiger partial charge in [0.2, 0.25) is 0 Å². The first kappa shape index (κ1) is 11.5. The van der Waals surface area contributed by atoms with Crippen LogP contribution >= 0.6 is 0 Å². The molecule has 2 rings (SSSR count). The Bertz CT molecular complexity index is 529. The predicted molar refractivity (Wildman–Crippen MR) is 57.4 cm³/mol. The van der Waals surface area contributed by atoms with Gasteiger partial charge >= 0.3 is 0 Å². The lowest BCUT2D eigenvalue weighted by Crippen LogP contribution is -2.40. The second-order valence-corrected chi connectivity index (χ2v) is 6.74. The molecule has 1 aliphatic heterocycles. The molecule has 1 aromatic carbocycles. The van der Waals surface area contributed by atoms with E-state index in [1.165, 1.54) is 26.0 Å². The van der Waals surface area contributed by atoms with Crippen LogP contribution in [-0.2, 0) is 16.3 Å². The fraction of sp³-hybridized carbons (Fsp3) is 0.455. The number of halogens is 1. The Morgan fingerprint density at radius 3 is 2.62 bits per heavy atom. The van der Waals surface area contributed by atoms with Crippen LogP contribution in [0.15, 0.2) is 23.1 Å². The van der Waals surface area contributed by atoms with Gasteiger partial charge in [-0.15, -0.1) is 0 Å². The number of benzene rings is 1. The molecule has 0 spiro atoms. The van der Waals surface area contributed by atoms with Crippen molar-refractivity contribution in [1.82, 2.24) is 0 Å². The van der Waals surface area contributed by atoms with Crippen LogP contribution in [0.25, 0.3) is 0 Å². The highest BCUT2D eigenvalue weighted by atomic mass is 32.2. The number of rotatable bonds is 1. The van der Waals surface area contributed by atoms with E-state index in [-0.39, 0.29) is 11.3 Å². The van der Waals surface area contributed by atoms with Crippen molar-refractivity contribution >= 4 is 9.84 Å². The largest absolute Gasteiger partial charge is 0.389 e. The van der Waals surface area contributed by atoms with Crippen molar-refractivity contribution in [2.45, 2.75) is 36.0 Å². The highest BCUT2D eigenvalue weighted by Gasteiger charge is 2.45. The van der Waals surface area contributed by atoms with E-state index >= 15 is 0 Å². The summed E-state index contributed by atoms with van der Waals surface area (Å²) in [5.41, 5.74) is -0.874. The molecule has 0 bridgehead atoms. The Labute approximate surface area is 93.8 Å². The summed E-state index contributed by atoms with van der Waals surface area (Å²) in [5.74, 6) is -0.453. The van der Waals surface area contributed by atoms with Gasteiger partial charge < -0.3 is 5.11 Å². The Hall–Kier alpha value is -0.940. The van der Waals surface area contributed by atoms with E-state index in [0.717, 1.165) is 6.07 Å². The molecule has 5 heteroatoms. The molecule has 3 nitrogen and oxygen atoms in total. The maximum absolute atomic E-state index is 13.0. The first-order valence-corrected chi connectivity index (χ1v) is 6.52. The summed E-state index contributed by atoms with van der Waals surface area (Å²) in [6.07, 6.45) is 0.166. The van der Waals surface area contributed by atoms with E-state index in [2.05, 4.69) is 0 Å². The summed E-state index contributed by atoms with van der Waals surface area (Å²) >= 11 is 0. The molecule has 1 aromatic rings. The molecule has 0 saturated heterocycles. The lowest BCUT2D eigenvalue weighted by atomic mass is 9.99. The fourth-order valence-corrected chi connectivity index (χ4v) is 4.31. The van der Waals surface area contributed by atoms with E-state index in [1.54, 1.807) is 0 Å². The first-order chi connectivity index (χ1) is 7.23. The number of hydrogen-bond donors (Lipinski definition) is 1. The zero-order chi connectivity index (χ0) is 12.1. The van der Waals surface area contributed by atoms with Gasteiger partial charge in [-0.05, 0) is 44.0 Å². The Morgan fingerprint density at radius 1 is 1.44 bits per heavy atom. The lowest BCUT2D eigenvalue weighted by Gasteiger charge is -2.24. The molecule has 1 heterocycles. The molecule has 0 fully saturated rings. The topological polar surface area (TPSA) is 54.4 Å².